The van der Waals surface area contributed by atoms with Crippen molar-refractivity contribution < 1.29 is 72.1 Å². The van der Waals surface area contributed by atoms with E-state index in [9.17, 15) is 34.5 Å². The molecule has 0 aromatic carbocycles. The fraction of sp³-hybridized carbons (Fsp3) is 0.846. The Labute approximate surface area is 245 Å². The number of aliphatic hydroxyl groups excluding tert-OH is 3. The minimum atomic E-state index is -2.31. The van der Waals surface area contributed by atoms with Crippen LogP contribution < -0.4 is 0 Å². The van der Waals surface area contributed by atoms with Crippen molar-refractivity contribution in [3.8, 4) is 0 Å². The molecule has 0 aromatic rings. The second-order valence-electron chi connectivity index (χ2n) is 11.8. The van der Waals surface area contributed by atoms with Crippen LogP contribution in [-0.4, -0.2) is 122 Å². The molecule has 0 amide bonds. The van der Waals surface area contributed by atoms with Gasteiger partial charge < -0.3 is 52.9 Å². The number of hydrogen-bond acceptors (Lipinski definition) is 15. The largest absolute Gasteiger partial charge is 0.463 e. The van der Waals surface area contributed by atoms with E-state index in [0.717, 1.165) is 27.7 Å². The molecule has 2 rings (SSSR count). The average molecular weight is 625 g/mol. The van der Waals surface area contributed by atoms with Crippen LogP contribution in [0.25, 0.3) is 0 Å². The van der Waals surface area contributed by atoms with Gasteiger partial charge >= 0.3 is 23.9 Å². The zero-order valence-corrected chi connectivity index (χ0v) is 26.4. The van der Waals surface area contributed by atoms with Crippen LogP contribution in [0.5, 0.6) is 0 Å². The lowest BCUT2D eigenvalue weighted by molar-refractivity contribution is -0.356. The molecule has 0 spiro atoms. The molecule has 42 heavy (non-hydrogen) atoms. The molecule has 242 valence electrons. The second kappa shape index (κ2) is 14.5. The highest BCUT2D eigenvalue weighted by atomic mass is 28.4. The zero-order chi connectivity index (χ0) is 32.2. The number of aliphatic hydroxyl groups is 3. The lowest BCUT2D eigenvalue weighted by atomic mass is 9.96. The molecular weight excluding hydrogens is 580 g/mol. The Morgan fingerprint density at radius 3 is 1.71 bits per heavy atom. The third-order valence-electron chi connectivity index (χ3n) is 7.31. The van der Waals surface area contributed by atoms with E-state index < -0.39 is 100 Å². The van der Waals surface area contributed by atoms with Crippen LogP contribution >= 0.6 is 0 Å². The van der Waals surface area contributed by atoms with E-state index in [0.29, 0.717) is 0 Å². The minimum Gasteiger partial charge on any atom is -0.463 e. The minimum absolute atomic E-state index is 0.139. The Kier molecular flexibility index (Phi) is 12.5. The molecule has 6 unspecified atom stereocenters. The van der Waals surface area contributed by atoms with Gasteiger partial charge in [-0.3, -0.25) is 19.2 Å². The molecule has 0 aliphatic carbocycles. The predicted octanol–water partition coefficient (Wildman–Crippen LogP) is -0.0845. The Hall–Kier alpha value is -2.18. The summed E-state index contributed by atoms with van der Waals surface area (Å²) in [6, 6.07) is 0. The van der Waals surface area contributed by atoms with Crippen molar-refractivity contribution in [1.82, 2.24) is 0 Å². The van der Waals surface area contributed by atoms with Gasteiger partial charge in [-0.25, -0.2) is 0 Å². The first-order valence-electron chi connectivity index (χ1n) is 13.5. The Morgan fingerprint density at radius 2 is 1.21 bits per heavy atom. The standard InChI is InChI=1S/C26H44O15Si/c1-12(27)34-10-17-20(36-13(2)28)22(37-14(3)29)23(38-15(4)30)25(40-17)41-21-18(31)16(39-24(33)19(21)32)11-35-42(8,9)26(5,6)7/h16-25,31-33H,10-11H2,1-9H3/t16?,17?,18-,19?,20-,21?,22?,23?,24+,25+/m1/s1. The number of rotatable bonds is 10. The van der Waals surface area contributed by atoms with Gasteiger partial charge in [0.25, 0.3) is 0 Å². The molecule has 3 N–H and O–H groups in total. The Morgan fingerprint density at radius 1 is 0.690 bits per heavy atom. The third kappa shape index (κ3) is 9.41. The maximum absolute atomic E-state index is 12.1. The summed E-state index contributed by atoms with van der Waals surface area (Å²) in [6.45, 7) is 13.7. The molecule has 2 saturated heterocycles. The molecule has 15 nitrogen and oxygen atoms in total. The highest BCUT2D eigenvalue weighted by Crippen LogP contribution is 2.38. The van der Waals surface area contributed by atoms with Crippen molar-refractivity contribution >= 4 is 32.2 Å². The van der Waals surface area contributed by atoms with Crippen molar-refractivity contribution in [2.24, 2.45) is 0 Å². The van der Waals surface area contributed by atoms with Crippen LogP contribution in [0.2, 0.25) is 18.1 Å². The maximum atomic E-state index is 12.1. The lowest BCUT2D eigenvalue weighted by Gasteiger charge is -2.47. The molecule has 0 radical (unpaired) electrons. The van der Waals surface area contributed by atoms with Gasteiger partial charge in [0, 0.05) is 27.7 Å². The van der Waals surface area contributed by atoms with Crippen molar-refractivity contribution in [3.63, 3.8) is 0 Å². The first-order valence-corrected chi connectivity index (χ1v) is 16.5. The van der Waals surface area contributed by atoms with Gasteiger partial charge in [-0.1, -0.05) is 20.8 Å². The molecule has 16 heteroatoms. The zero-order valence-electron chi connectivity index (χ0n) is 25.4. The topological polar surface area (TPSA) is 203 Å². The van der Waals surface area contributed by atoms with Gasteiger partial charge in [-0.05, 0) is 18.1 Å². The van der Waals surface area contributed by atoms with E-state index in [4.69, 9.17) is 37.6 Å². The summed E-state index contributed by atoms with van der Waals surface area (Å²) in [5.41, 5.74) is 0. The molecule has 2 heterocycles. The van der Waals surface area contributed by atoms with Gasteiger partial charge in [0.05, 0.1) is 6.61 Å². The van der Waals surface area contributed by atoms with Gasteiger partial charge in [-0.2, -0.15) is 0 Å². The summed E-state index contributed by atoms with van der Waals surface area (Å²) >= 11 is 0. The summed E-state index contributed by atoms with van der Waals surface area (Å²) in [5.74, 6) is -3.21. The van der Waals surface area contributed by atoms with Crippen LogP contribution in [-0.2, 0) is 56.8 Å². The Balaban J connectivity index is 2.44. The second-order valence-corrected chi connectivity index (χ2v) is 16.6. The van der Waals surface area contributed by atoms with Crippen molar-refractivity contribution in [2.75, 3.05) is 13.2 Å². The van der Waals surface area contributed by atoms with Crippen LogP contribution in [0.1, 0.15) is 48.5 Å². The summed E-state index contributed by atoms with van der Waals surface area (Å²) in [4.78, 5) is 47.6. The van der Waals surface area contributed by atoms with E-state index in [2.05, 4.69) is 0 Å². The summed E-state index contributed by atoms with van der Waals surface area (Å²) in [6.07, 6.45) is -15.5. The molecule has 2 fully saturated rings. The lowest BCUT2D eigenvalue weighted by Crippen LogP contribution is -2.66. The number of carbonyl (C=O) groups is 4. The summed E-state index contributed by atoms with van der Waals surface area (Å²) in [5, 5.41) is 32.2. The maximum Gasteiger partial charge on any atom is 0.303 e. The molecule has 10 atom stereocenters. The van der Waals surface area contributed by atoms with E-state index >= 15 is 0 Å². The number of hydrogen-bond donors (Lipinski definition) is 3. The third-order valence-corrected chi connectivity index (χ3v) is 11.8. The van der Waals surface area contributed by atoms with Crippen LogP contribution in [0, 0.1) is 0 Å². The normalized spacial score (nSPS) is 33.8. The molecular formula is C26H44O15Si. The van der Waals surface area contributed by atoms with Gasteiger partial charge in [0.2, 0.25) is 0 Å². The highest BCUT2D eigenvalue weighted by Gasteiger charge is 2.55. The van der Waals surface area contributed by atoms with Crippen LogP contribution in [0.3, 0.4) is 0 Å². The van der Waals surface area contributed by atoms with Crippen LogP contribution in [0.4, 0.5) is 0 Å². The molecule has 0 saturated carbocycles. The fourth-order valence-corrected chi connectivity index (χ4v) is 5.19. The SMILES string of the molecule is CC(=O)OCC1O[C@@H](OC2C(O)[C@@H](O)OC(CO[Si](C)(C)C(C)(C)C)[C@H]2O)C(OC(C)=O)C(OC(C)=O)[C@@H]1OC(C)=O. The van der Waals surface area contributed by atoms with Crippen molar-refractivity contribution in [3.05, 3.63) is 0 Å². The molecule has 2 aliphatic heterocycles. The number of esters is 4. The summed E-state index contributed by atoms with van der Waals surface area (Å²) in [7, 11) is -2.31. The van der Waals surface area contributed by atoms with Gasteiger partial charge in [0.15, 0.2) is 39.2 Å². The average Bonchev–Trinajstić information content (AvgIpc) is 2.83. The first kappa shape index (κ1) is 36.0. The predicted molar refractivity (Wildman–Crippen MR) is 143 cm³/mol. The van der Waals surface area contributed by atoms with Crippen LogP contribution in [0.15, 0.2) is 0 Å². The van der Waals surface area contributed by atoms with E-state index in [1.54, 1.807) is 0 Å². The van der Waals surface area contributed by atoms with E-state index in [-0.39, 0.29) is 11.6 Å². The number of carbonyl (C=O) groups excluding carboxylic acids is 4. The fourth-order valence-electron chi connectivity index (χ4n) is 4.17. The smallest absolute Gasteiger partial charge is 0.303 e. The molecule has 2 aliphatic rings. The van der Waals surface area contributed by atoms with Gasteiger partial charge in [-0.15, -0.1) is 0 Å². The van der Waals surface area contributed by atoms with Crippen molar-refractivity contribution in [2.45, 2.75) is 128 Å². The summed E-state index contributed by atoms with van der Waals surface area (Å²) < 4.78 is 44.4. The van der Waals surface area contributed by atoms with E-state index in [1.807, 2.05) is 33.9 Å². The number of ether oxygens (including phenoxy) is 7. The first-order chi connectivity index (χ1) is 19.2. The van der Waals surface area contributed by atoms with Crippen molar-refractivity contribution in [1.29, 1.82) is 0 Å². The highest BCUT2D eigenvalue weighted by molar-refractivity contribution is 6.74. The monoisotopic (exact) mass is 624 g/mol. The van der Waals surface area contributed by atoms with Gasteiger partial charge in [0.1, 0.15) is 37.1 Å². The quantitative estimate of drug-likeness (QED) is 0.165. The molecule has 0 aromatic heterocycles. The molecule has 0 bridgehead atoms. The van der Waals surface area contributed by atoms with E-state index in [1.165, 1.54) is 0 Å². The Bertz CT molecular complexity index is 966.